The van der Waals surface area contributed by atoms with E-state index in [1.165, 1.54) is 36.4 Å². The van der Waals surface area contributed by atoms with E-state index in [-0.39, 0.29) is 33.7 Å². The number of fused-ring (bicyclic) bond motifs is 5. The van der Waals surface area contributed by atoms with Gasteiger partial charge in [-0.05, 0) is 55.4 Å². The summed E-state index contributed by atoms with van der Waals surface area (Å²) >= 11 is 6.21. The van der Waals surface area contributed by atoms with Crippen molar-refractivity contribution in [2.75, 3.05) is 6.54 Å². The zero-order chi connectivity index (χ0) is 24.1. The van der Waals surface area contributed by atoms with E-state index in [1.807, 2.05) is 0 Å². The number of carbonyl (C=O) groups is 4. The van der Waals surface area contributed by atoms with Crippen LogP contribution < -0.4 is 0 Å². The molecule has 34 heavy (non-hydrogen) atoms. The molecule has 9 nitrogen and oxygen atoms in total. The van der Waals surface area contributed by atoms with E-state index in [1.54, 1.807) is 12.1 Å². The van der Waals surface area contributed by atoms with Crippen LogP contribution in [0.15, 0.2) is 48.5 Å². The summed E-state index contributed by atoms with van der Waals surface area (Å²) in [5.74, 6) is -2.95. The quantitative estimate of drug-likeness (QED) is 0.269. The first-order valence-corrected chi connectivity index (χ1v) is 11.4. The first-order chi connectivity index (χ1) is 16.3. The highest BCUT2D eigenvalue weighted by Crippen LogP contribution is 2.56. The lowest BCUT2D eigenvalue weighted by Crippen LogP contribution is -2.52. The molecule has 3 fully saturated rings. The van der Waals surface area contributed by atoms with Gasteiger partial charge in [0.1, 0.15) is 6.54 Å². The van der Waals surface area contributed by atoms with Crippen molar-refractivity contribution in [3.05, 3.63) is 74.8 Å². The molecule has 10 heteroatoms. The van der Waals surface area contributed by atoms with Crippen molar-refractivity contribution in [2.45, 2.75) is 19.3 Å². The highest BCUT2D eigenvalue weighted by atomic mass is 35.5. The molecular weight excluding hydrogens is 462 g/mol. The molecule has 3 aliphatic rings. The van der Waals surface area contributed by atoms with Gasteiger partial charge in [-0.25, -0.2) is 5.01 Å². The summed E-state index contributed by atoms with van der Waals surface area (Å²) < 4.78 is 0. The summed E-state index contributed by atoms with van der Waals surface area (Å²) in [6.07, 6.45) is 2.58. The zero-order valence-corrected chi connectivity index (χ0v) is 18.7. The van der Waals surface area contributed by atoms with Crippen LogP contribution in [0.4, 0.5) is 5.69 Å². The van der Waals surface area contributed by atoms with E-state index >= 15 is 0 Å². The molecule has 0 unspecified atom stereocenters. The molecule has 0 radical (unpaired) electrons. The molecule has 2 aromatic rings. The molecule has 0 aromatic heterocycles. The lowest BCUT2D eigenvalue weighted by atomic mass is 9.81. The second kappa shape index (κ2) is 8.32. The van der Waals surface area contributed by atoms with Crippen LogP contribution in [-0.2, 0) is 9.59 Å². The highest BCUT2D eigenvalue weighted by molar-refractivity contribution is 6.34. The maximum atomic E-state index is 13.5. The molecule has 4 atom stereocenters. The molecule has 3 amide bonds. The number of nitro groups is 1. The van der Waals surface area contributed by atoms with Gasteiger partial charge in [-0.3, -0.25) is 29.3 Å². The molecule has 2 aliphatic carbocycles. The maximum Gasteiger partial charge on any atom is 0.274 e. The number of hydrazine groups is 1. The third-order valence-electron chi connectivity index (χ3n) is 7.18. The fourth-order valence-corrected chi connectivity index (χ4v) is 5.85. The van der Waals surface area contributed by atoms with Crippen molar-refractivity contribution >= 4 is 40.8 Å². The van der Waals surface area contributed by atoms with Gasteiger partial charge in [-0.15, -0.1) is 0 Å². The number of imide groups is 1. The smallest absolute Gasteiger partial charge is 0.274 e. The SMILES string of the molecule is O=C(CN(C(=O)c1ccccc1Cl)N1C(=O)[C@H]2[C@H]3CC[C@@H](C3)[C@@H]2C1=O)c1ccc([N+](=O)[O-])cc1. The van der Waals surface area contributed by atoms with E-state index in [4.69, 9.17) is 11.6 Å². The number of nitro benzene ring substituents is 1. The Balaban J connectivity index is 1.49. The number of carbonyl (C=O) groups excluding carboxylic acids is 4. The minimum absolute atomic E-state index is 0.0568. The molecule has 2 aromatic carbocycles. The number of nitrogens with zero attached hydrogens (tertiary/aromatic N) is 3. The van der Waals surface area contributed by atoms with Gasteiger partial charge in [0.25, 0.3) is 23.4 Å². The number of benzene rings is 2. The third-order valence-corrected chi connectivity index (χ3v) is 7.51. The number of rotatable bonds is 6. The average Bonchev–Trinajstić information content (AvgIpc) is 3.51. The van der Waals surface area contributed by atoms with Crippen LogP contribution in [0, 0.1) is 33.8 Å². The third kappa shape index (κ3) is 3.47. The topological polar surface area (TPSA) is 118 Å². The Labute approximate surface area is 199 Å². The highest BCUT2D eigenvalue weighted by Gasteiger charge is 2.62. The van der Waals surface area contributed by atoms with Crippen LogP contribution in [0.25, 0.3) is 0 Å². The normalized spacial score (nSPS) is 24.9. The number of ketones is 1. The van der Waals surface area contributed by atoms with Gasteiger partial charge in [0.2, 0.25) is 0 Å². The zero-order valence-electron chi connectivity index (χ0n) is 17.9. The van der Waals surface area contributed by atoms with E-state index < -0.39 is 46.8 Å². The Morgan fingerprint density at radius 3 is 2.15 bits per heavy atom. The van der Waals surface area contributed by atoms with E-state index in [0.717, 1.165) is 29.3 Å². The van der Waals surface area contributed by atoms with Crippen LogP contribution in [0.2, 0.25) is 5.02 Å². The molecule has 0 N–H and O–H groups in total. The van der Waals surface area contributed by atoms with Crippen molar-refractivity contribution in [3.8, 4) is 0 Å². The van der Waals surface area contributed by atoms with Crippen LogP contribution in [0.5, 0.6) is 0 Å². The van der Waals surface area contributed by atoms with Crippen LogP contribution >= 0.6 is 11.6 Å². The first kappa shape index (κ1) is 22.2. The van der Waals surface area contributed by atoms with Crippen molar-refractivity contribution in [1.82, 2.24) is 10.0 Å². The molecule has 174 valence electrons. The summed E-state index contributed by atoms with van der Waals surface area (Å²) in [6.45, 7) is -0.589. The van der Waals surface area contributed by atoms with Crippen molar-refractivity contribution in [2.24, 2.45) is 23.7 Å². The Bertz CT molecular complexity index is 1200. The first-order valence-electron chi connectivity index (χ1n) is 11.0. The van der Waals surface area contributed by atoms with Crippen LogP contribution in [-0.4, -0.2) is 45.0 Å². The van der Waals surface area contributed by atoms with E-state index in [2.05, 4.69) is 0 Å². The van der Waals surface area contributed by atoms with Crippen molar-refractivity contribution in [1.29, 1.82) is 0 Å². The van der Waals surface area contributed by atoms with E-state index in [9.17, 15) is 29.3 Å². The Hall–Kier alpha value is -3.59. The van der Waals surface area contributed by atoms with Gasteiger partial charge in [0.05, 0.1) is 27.3 Å². The van der Waals surface area contributed by atoms with Gasteiger partial charge < -0.3 is 0 Å². The second-order valence-electron chi connectivity index (χ2n) is 8.94. The van der Waals surface area contributed by atoms with Gasteiger partial charge in [-0.2, -0.15) is 5.01 Å². The van der Waals surface area contributed by atoms with E-state index in [0.29, 0.717) is 0 Å². The maximum absolute atomic E-state index is 13.5. The summed E-state index contributed by atoms with van der Waals surface area (Å²) in [5, 5.41) is 12.8. The van der Waals surface area contributed by atoms with Crippen LogP contribution in [0.3, 0.4) is 0 Å². The van der Waals surface area contributed by atoms with Gasteiger partial charge >= 0.3 is 0 Å². The predicted molar refractivity (Wildman–Crippen MR) is 120 cm³/mol. The lowest BCUT2D eigenvalue weighted by molar-refractivity contribution is -0.384. The van der Waals surface area contributed by atoms with Crippen molar-refractivity contribution < 1.29 is 24.1 Å². The number of hydrogen-bond acceptors (Lipinski definition) is 6. The fourth-order valence-electron chi connectivity index (χ4n) is 5.63. The Morgan fingerprint density at radius 1 is 1.00 bits per heavy atom. The van der Waals surface area contributed by atoms with Gasteiger partial charge in [-0.1, -0.05) is 23.7 Å². The van der Waals surface area contributed by atoms with Crippen molar-refractivity contribution in [3.63, 3.8) is 0 Å². The fraction of sp³-hybridized carbons (Fsp3) is 0.333. The monoisotopic (exact) mass is 481 g/mol. The van der Waals surface area contributed by atoms with Gasteiger partial charge in [0.15, 0.2) is 5.78 Å². The number of hydrogen-bond donors (Lipinski definition) is 0. The molecular formula is C24H20ClN3O6. The number of halogens is 1. The summed E-state index contributed by atoms with van der Waals surface area (Å²) in [5.41, 5.74) is -0.0167. The molecule has 1 heterocycles. The summed E-state index contributed by atoms with van der Waals surface area (Å²) in [7, 11) is 0. The average molecular weight is 482 g/mol. The Morgan fingerprint density at radius 2 is 1.59 bits per heavy atom. The van der Waals surface area contributed by atoms with Crippen LogP contribution in [0.1, 0.15) is 40.0 Å². The van der Waals surface area contributed by atoms with Gasteiger partial charge in [0, 0.05) is 17.7 Å². The number of Topliss-reactive ketones (excluding diaryl/α,β-unsaturated/α-hetero) is 1. The Kier molecular flexibility index (Phi) is 5.44. The number of non-ortho nitro benzene ring substituents is 1. The molecule has 1 aliphatic heterocycles. The predicted octanol–water partition coefficient (Wildman–Crippen LogP) is 3.52. The second-order valence-corrected chi connectivity index (χ2v) is 9.35. The minimum Gasteiger partial charge on any atom is -0.292 e. The molecule has 2 bridgehead atoms. The minimum atomic E-state index is -0.741. The summed E-state index contributed by atoms with van der Waals surface area (Å²) in [4.78, 5) is 63.7. The summed E-state index contributed by atoms with van der Waals surface area (Å²) in [6, 6.07) is 11.1. The molecule has 0 spiro atoms. The molecule has 2 saturated carbocycles. The molecule has 5 rings (SSSR count). The standard InChI is InChI=1S/C24H20ClN3O6/c25-18-4-2-1-3-17(18)22(30)26(12-19(29)13-7-9-16(10-8-13)28(33)34)27-23(31)20-14-5-6-15(11-14)21(20)24(27)32/h1-4,7-10,14-15,20-21H,5-6,11-12H2/t14-,15-,20-,21-/m0/s1. The lowest BCUT2D eigenvalue weighted by Gasteiger charge is -2.31. The largest absolute Gasteiger partial charge is 0.292 e. The number of amides is 3. The molecule has 1 saturated heterocycles.